The third-order valence-electron chi connectivity index (χ3n) is 4.32. The van der Waals surface area contributed by atoms with Crippen LogP contribution in [-0.2, 0) is 6.67 Å². The molecule has 0 saturated carbocycles. The van der Waals surface area contributed by atoms with E-state index in [1.807, 2.05) is 25.2 Å². The van der Waals surface area contributed by atoms with Crippen LogP contribution in [0.3, 0.4) is 0 Å². The first kappa shape index (κ1) is 16.3. The van der Waals surface area contributed by atoms with E-state index in [9.17, 15) is 4.79 Å². The molecular formula is C18H16ClN3O2S. The van der Waals surface area contributed by atoms with Gasteiger partial charge < -0.3 is 4.42 Å². The number of para-hydroxylation sites is 1. The lowest BCUT2D eigenvalue weighted by Crippen LogP contribution is -2.29. The highest BCUT2D eigenvalue weighted by Gasteiger charge is 2.19. The van der Waals surface area contributed by atoms with Crippen LogP contribution in [0.5, 0.6) is 0 Å². The molecule has 2 heterocycles. The normalized spacial score (nSPS) is 13.1. The summed E-state index contributed by atoms with van der Waals surface area (Å²) in [5, 5.41) is 1.57. The van der Waals surface area contributed by atoms with Crippen LogP contribution in [0.15, 0.2) is 51.7 Å². The Bertz CT molecular complexity index is 1080. The molecule has 7 heteroatoms. The molecule has 0 fully saturated rings. The first-order valence-electron chi connectivity index (χ1n) is 7.87. The second kappa shape index (κ2) is 6.29. The van der Waals surface area contributed by atoms with E-state index in [-0.39, 0.29) is 11.8 Å². The van der Waals surface area contributed by atoms with E-state index in [1.54, 1.807) is 34.1 Å². The number of aromatic nitrogens is 2. The van der Waals surface area contributed by atoms with Crippen LogP contribution in [0, 0.1) is 0 Å². The molecule has 5 nitrogen and oxygen atoms in total. The molecule has 4 aromatic rings. The summed E-state index contributed by atoms with van der Waals surface area (Å²) in [4.78, 5) is 19.0. The van der Waals surface area contributed by atoms with E-state index in [2.05, 4.69) is 17.9 Å². The van der Waals surface area contributed by atoms with Gasteiger partial charge in [-0.2, -0.15) is 0 Å². The van der Waals surface area contributed by atoms with Gasteiger partial charge in [0.2, 0.25) is 0 Å². The highest BCUT2D eigenvalue weighted by molar-refractivity contribution is 7.18. The van der Waals surface area contributed by atoms with E-state index in [0.29, 0.717) is 17.3 Å². The number of hydrogen-bond acceptors (Lipinski definition) is 5. The molecule has 1 atom stereocenters. The molecule has 128 valence electrons. The molecule has 0 spiro atoms. The Morgan fingerprint density at radius 1 is 1.32 bits per heavy atom. The second-order valence-electron chi connectivity index (χ2n) is 6.00. The minimum absolute atomic E-state index is 0.0709. The lowest BCUT2D eigenvalue weighted by atomic mass is 10.3. The van der Waals surface area contributed by atoms with Gasteiger partial charge in [-0.25, -0.2) is 9.78 Å². The van der Waals surface area contributed by atoms with Crippen LogP contribution >= 0.6 is 22.9 Å². The summed E-state index contributed by atoms with van der Waals surface area (Å²) in [6, 6.07) is 13.4. The maximum Gasteiger partial charge on any atom is 0.421 e. The van der Waals surface area contributed by atoms with Gasteiger partial charge in [0, 0.05) is 11.1 Å². The third kappa shape index (κ3) is 2.97. The maximum atomic E-state index is 12.2. The van der Waals surface area contributed by atoms with Gasteiger partial charge in [-0.1, -0.05) is 23.7 Å². The van der Waals surface area contributed by atoms with Crippen molar-refractivity contribution in [2.24, 2.45) is 0 Å². The Morgan fingerprint density at radius 2 is 2.12 bits per heavy atom. The summed E-state index contributed by atoms with van der Waals surface area (Å²) in [5.41, 5.74) is 2.24. The number of benzene rings is 2. The van der Waals surface area contributed by atoms with E-state index < -0.39 is 0 Å². The highest BCUT2D eigenvalue weighted by Crippen LogP contribution is 2.29. The van der Waals surface area contributed by atoms with Crippen LogP contribution in [0.1, 0.15) is 18.0 Å². The third-order valence-corrected chi connectivity index (χ3v) is 5.77. The summed E-state index contributed by atoms with van der Waals surface area (Å²) < 4.78 is 8.07. The molecule has 0 saturated heterocycles. The lowest BCUT2D eigenvalue weighted by molar-refractivity contribution is 0.202. The number of hydrogen-bond donors (Lipinski definition) is 0. The van der Waals surface area contributed by atoms with Crippen molar-refractivity contribution in [2.75, 3.05) is 7.05 Å². The van der Waals surface area contributed by atoms with Crippen molar-refractivity contribution in [3.05, 3.63) is 63.0 Å². The van der Waals surface area contributed by atoms with Gasteiger partial charge in [0.1, 0.15) is 5.01 Å². The van der Waals surface area contributed by atoms with Crippen LogP contribution in [-0.4, -0.2) is 21.5 Å². The standard InChI is InChI=1S/C18H16ClN3O2S/c1-11(17-20-13-5-3-4-6-16(13)25-17)21(2)10-22-14-8-7-12(19)9-15(14)24-18(22)23/h3-9,11H,10H2,1-2H3/t11-/m1/s1. The average Bonchev–Trinajstić information content (AvgIpc) is 3.15. The fourth-order valence-electron chi connectivity index (χ4n) is 2.78. The van der Waals surface area contributed by atoms with Crippen LogP contribution < -0.4 is 5.76 Å². The molecule has 4 rings (SSSR count). The Balaban J connectivity index is 1.64. The molecule has 0 aliphatic rings. The van der Waals surface area contributed by atoms with Crippen molar-refractivity contribution in [3.8, 4) is 0 Å². The molecule has 25 heavy (non-hydrogen) atoms. The largest absolute Gasteiger partial charge is 0.421 e. The Morgan fingerprint density at radius 3 is 2.92 bits per heavy atom. The van der Waals surface area contributed by atoms with E-state index in [1.165, 1.54) is 4.70 Å². The van der Waals surface area contributed by atoms with Crippen LogP contribution in [0.25, 0.3) is 21.3 Å². The van der Waals surface area contributed by atoms with Gasteiger partial charge in [0.05, 0.1) is 28.4 Å². The Hall–Kier alpha value is -2.15. The quantitative estimate of drug-likeness (QED) is 0.528. The molecule has 0 bridgehead atoms. The number of oxazole rings is 1. The van der Waals surface area contributed by atoms with E-state index >= 15 is 0 Å². The topological polar surface area (TPSA) is 51.3 Å². The molecule has 2 aromatic carbocycles. The van der Waals surface area contributed by atoms with Crippen molar-refractivity contribution in [3.63, 3.8) is 0 Å². The smallest absolute Gasteiger partial charge is 0.408 e. The van der Waals surface area contributed by atoms with E-state index in [4.69, 9.17) is 21.0 Å². The van der Waals surface area contributed by atoms with Crippen molar-refractivity contribution >= 4 is 44.3 Å². The zero-order valence-electron chi connectivity index (χ0n) is 13.8. The maximum absolute atomic E-state index is 12.2. The summed E-state index contributed by atoms with van der Waals surface area (Å²) in [6.07, 6.45) is 0. The van der Waals surface area contributed by atoms with Crippen LogP contribution in [0.4, 0.5) is 0 Å². The predicted octanol–water partition coefficient (Wildman–Crippen LogP) is 4.51. The number of halogens is 1. The van der Waals surface area contributed by atoms with Gasteiger partial charge in [-0.3, -0.25) is 9.47 Å². The molecule has 0 radical (unpaired) electrons. The SMILES string of the molecule is C[C@H](c1nc2ccccc2s1)N(C)Cn1c(=O)oc2cc(Cl)ccc21. The molecule has 0 aliphatic heterocycles. The van der Waals surface area contributed by atoms with Crippen LogP contribution in [0.2, 0.25) is 5.02 Å². The molecule has 0 aliphatic carbocycles. The van der Waals surface area contributed by atoms with Gasteiger partial charge in [0.25, 0.3) is 0 Å². The summed E-state index contributed by atoms with van der Waals surface area (Å²) in [7, 11) is 1.97. The molecule has 0 amide bonds. The first-order valence-corrected chi connectivity index (χ1v) is 9.07. The lowest BCUT2D eigenvalue weighted by Gasteiger charge is -2.22. The first-order chi connectivity index (χ1) is 12.0. The van der Waals surface area contributed by atoms with Crippen molar-refractivity contribution in [1.82, 2.24) is 14.5 Å². The van der Waals surface area contributed by atoms with Crippen molar-refractivity contribution < 1.29 is 4.42 Å². The number of fused-ring (bicyclic) bond motifs is 2. The zero-order valence-corrected chi connectivity index (χ0v) is 15.3. The van der Waals surface area contributed by atoms with Gasteiger partial charge in [0.15, 0.2) is 5.58 Å². The minimum Gasteiger partial charge on any atom is -0.408 e. The zero-order chi connectivity index (χ0) is 17.6. The number of thiazole rings is 1. The fourth-order valence-corrected chi connectivity index (χ4v) is 4.02. The number of nitrogens with zero attached hydrogens (tertiary/aromatic N) is 3. The Labute approximate surface area is 153 Å². The van der Waals surface area contributed by atoms with Crippen molar-refractivity contribution in [2.45, 2.75) is 19.6 Å². The van der Waals surface area contributed by atoms with Crippen molar-refractivity contribution in [1.29, 1.82) is 0 Å². The molecule has 0 unspecified atom stereocenters. The fraction of sp³-hybridized carbons (Fsp3) is 0.222. The summed E-state index contributed by atoms with van der Waals surface area (Å²) >= 11 is 7.64. The summed E-state index contributed by atoms with van der Waals surface area (Å²) in [5.74, 6) is -0.388. The predicted molar refractivity (Wildman–Crippen MR) is 101 cm³/mol. The average molecular weight is 374 g/mol. The van der Waals surface area contributed by atoms with Gasteiger partial charge in [-0.05, 0) is 38.2 Å². The molecule has 0 N–H and O–H groups in total. The van der Waals surface area contributed by atoms with Gasteiger partial charge in [-0.15, -0.1) is 11.3 Å². The number of rotatable bonds is 4. The summed E-state index contributed by atoms with van der Waals surface area (Å²) in [6.45, 7) is 2.49. The second-order valence-corrected chi connectivity index (χ2v) is 7.50. The molecular weight excluding hydrogens is 358 g/mol. The highest BCUT2D eigenvalue weighted by atomic mass is 35.5. The monoisotopic (exact) mass is 373 g/mol. The minimum atomic E-state index is -0.388. The Kier molecular flexibility index (Phi) is 4.11. The molecule has 2 aromatic heterocycles. The van der Waals surface area contributed by atoms with E-state index in [0.717, 1.165) is 16.0 Å². The van der Waals surface area contributed by atoms with Gasteiger partial charge >= 0.3 is 5.76 Å².